The zero-order valence-corrected chi connectivity index (χ0v) is 12.7. The van der Waals surface area contributed by atoms with Gasteiger partial charge in [-0.25, -0.2) is 0 Å². The maximum Gasteiger partial charge on any atom is 0.166 e. The van der Waals surface area contributed by atoms with Gasteiger partial charge in [0.15, 0.2) is 5.11 Å². The topological polar surface area (TPSA) is 33.3 Å². The second-order valence-electron chi connectivity index (χ2n) is 5.14. The first-order valence-electron chi connectivity index (χ1n) is 7.36. The average molecular weight is 272 g/mol. The number of nitrogens with one attached hydrogen (secondary N) is 2. The number of hydrogen-bond donors (Lipinski definition) is 2. The molecule has 2 N–H and O–H groups in total. The van der Waals surface area contributed by atoms with E-state index >= 15 is 0 Å². The van der Waals surface area contributed by atoms with Crippen LogP contribution in [-0.4, -0.2) is 30.9 Å². The zero-order chi connectivity index (χ0) is 13.2. The van der Waals surface area contributed by atoms with Crippen molar-refractivity contribution in [2.24, 2.45) is 5.92 Å². The minimum absolute atomic E-state index is 0.497. The molecule has 1 saturated carbocycles. The van der Waals surface area contributed by atoms with Gasteiger partial charge in [-0.1, -0.05) is 19.3 Å². The van der Waals surface area contributed by atoms with Gasteiger partial charge in [-0.3, -0.25) is 0 Å². The summed E-state index contributed by atoms with van der Waals surface area (Å²) >= 11 is 5.31. The van der Waals surface area contributed by atoms with Gasteiger partial charge >= 0.3 is 0 Å². The lowest BCUT2D eigenvalue weighted by atomic mass is 9.85. The molecule has 1 aliphatic carbocycles. The molecule has 0 amide bonds. The van der Waals surface area contributed by atoms with Crippen LogP contribution in [0.1, 0.15) is 52.4 Å². The first-order chi connectivity index (χ1) is 8.74. The van der Waals surface area contributed by atoms with Crippen LogP contribution in [0.5, 0.6) is 0 Å². The minimum atomic E-state index is 0.497. The fraction of sp³-hybridized carbons (Fsp3) is 0.929. The van der Waals surface area contributed by atoms with Crippen LogP contribution in [0.15, 0.2) is 0 Å². The quantitative estimate of drug-likeness (QED) is 0.551. The van der Waals surface area contributed by atoms with E-state index in [9.17, 15) is 0 Å². The summed E-state index contributed by atoms with van der Waals surface area (Å²) in [7, 11) is 0. The van der Waals surface area contributed by atoms with Crippen LogP contribution in [-0.2, 0) is 4.74 Å². The van der Waals surface area contributed by atoms with Gasteiger partial charge in [0.25, 0.3) is 0 Å². The third-order valence-corrected chi connectivity index (χ3v) is 3.93. The standard InChI is InChI=1S/C14H28N2OS/c1-3-17-11-7-10-15-14(18)16-12(2)13-8-5-4-6-9-13/h12-13H,3-11H2,1-2H3,(H2,15,16,18). The third-order valence-electron chi connectivity index (χ3n) is 3.67. The molecule has 106 valence electrons. The Hall–Kier alpha value is -0.350. The van der Waals surface area contributed by atoms with E-state index < -0.39 is 0 Å². The highest BCUT2D eigenvalue weighted by Gasteiger charge is 2.20. The SMILES string of the molecule is CCOCCCNC(=S)NC(C)C1CCCCC1. The molecule has 1 atom stereocenters. The summed E-state index contributed by atoms with van der Waals surface area (Å²) < 4.78 is 5.29. The number of rotatable bonds is 7. The number of hydrogen-bond acceptors (Lipinski definition) is 2. The van der Waals surface area contributed by atoms with Gasteiger partial charge in [0.2, 0.25) is 0 Å². The van der Waals surface area contributed by atoms with E-state index in [1.165, 1.54) is 32.1 Å². The van der Waals surface area contributed by atoms with Crippen LogP contribution in [0.3, 0.4) is 0 Å². The van der Waals surface area contributed by atoms with Gasteiger partial charge in [-0.2, -0.15) is 0 Å². The van der Waals surface area contributed by atoms with Crippen LogP contribution in [0.25, 0.3) is 0 Å². The van der Waals surface area contributed by atoms with E-state index in [2.05, 4.69) is 17.6 Å². The van der Waals surface area contributed by atoms with Crippen molar-refractivity contribution in [2.45, 2.75) is 58.4 Å². The van der Waals surface area contributed by atoms with Crippen molar-refractivity contribution in [2.75, 3.05) is 19.8 Å². The van der Waals surface area contributed by atoms with Crippen molar-refractivity contribution in [1.82, 2.24) is 10.6 Å². The third kappa shape index (κ3) is 6.55. The van der Waals surface area contributed by atoms with E-state index in [0.29, 0.717) is 6.04 Å². The predicted molar refractivity (Wildman–Crippen MR) is 80.9 cm³/mol. The van der Waals surface area contributed by atoms with Crippen molar-refractivity contribution in [3.63, 3.8) is 0 Å². The molecule has 0 bridgehead atoms. The highest BCUT2D eigenvalue weighted by atomic mass is 32.1. The second kappa shape index (κ2) is 9.56. The number of ether oxygens (including phenoxy) is 1. The lowest BCUT2D eigenvalue weighted by Crippen LogP contribution is -2.44. The first-order valence-corrected chi connectivity index (χ1v) is 7.77. The Morgan fingerprint density at radius 2 is 2.06 bits per heavy atom. The van der Waals surface area contributed by atoms with Gasteiger partial charge in [0.05, 0.1) is 0 Å². The molecule has 0 heterocycles. The van der Waals surface area contributed by atoms with Crippen LogP contribution in [0.2, 0.25) is 0 Å². The normalized spacial score (nSPS) is 18.3. The molecule has 0 aromatic rings. The van der Waals surface area contributed by atoms with Crippen LogP contribution >= 0.6 is 12.2 Å². The van der Waals surface area contributed by atoms with E-state index in [1.807, 2.05) is 6.92 Å². The van der Waals surface area contributed by atoms with Gasteiger partial charge in [-0.15, -0.1) is 0 Å². The summed E-state index contributed by atoms with van der Waals surface area (Å²) in [5.74, 6) is 0.793. The molecule has 4 heteroatoms. The molecule has 0 aliphatic heterocycles. The van der Waals surface area contributed by atoms with Crippen molar-refractivity contribution in [1.29, 1.82) is 0 Å². The Labute approximate surface area is 117 Å². The summed E-state index contributed by atoms with van der Waals surface area (Å²) in [5.41, 5.74) is 0. The molecule has 0 radical (unpaired) electrons. The highest BCUT2D eigenvalue weighted by molar-refractivity contribution is 7.80. The molecule has 0 aromatic heterocycles. The maximum atomic E-state index is 5.31. The van der Waals surface area contributed by atoms with Gasteiger partial charge in [0.1, 0.15) is 0 Å². The summed E-state index contributed by atoms with van der Waals surface area (Å²) in [6, 6.07) is 0.497. The van der Waals surface area contributed by atoms with E-state index in [4.69, 9.17) is 17.0 Å². The Bertz CT molecular complexity index is 230. The Morgan fingerprint density at radius 3 is 2.72 bits per heavy atom. The van der Waals surface area contributed by atoms with Gasteiger partial charge < -0.3 is 15.4 Å². The molecule has 1 aliphatic rings. The fourth-order valence-corrected chi connectivity index (χ4v) is 2.82. The molecule has 3 nitrogen and oxygen atoms in total. The molecule has 0 spiro atoms. The number of thiocarbonyl (C=S) groups is 1. The molecule has 1 unspecified atom stereocenters. The zero-order valence-electron chi connectivity index (χ0n) is 11.8. The molecule has 0 saturated heterocycles. The van der Waals surface area contributed by atoms with E-state index in [1.54, 1.807) is 0 Å². The summed E-state index contributed by atoms with van der Waals surface area (Å²) in [6.07, 6.45) is 7.87. The smallest absolute Gasteiger partial charge is 0.166 e. The van der Waals surface area contributed by atoms with Gasteiger partial charge in [0, 0.05) is 25.8 Å². The maximum absolute atomic E-state index is 5.31. The summed E-state index contributed by atoms with van der Waals surface area (Å²) in [5, 5.41) is 7.47. The monoisotopic (exact) mass is 272 g/mol. The van der Waals surface area contributed by atoms with Crippen molar-refractivity contribution >= 4 is 17.3 Å². The summed E-state index contributed by atoms with van der Waals surface area (Å²) in [4.78, 5) is 0. The van der Waals surface area contributed by atoms with Crippen LogP contribution in [0.4, 0.5) is 0 Å². The lowest BCUT2D eigenvalue weighted by Gasteiger charge is -2.29. The molecule has 1 rings (SSSR count). The van der Waals surface area contributed by atoms with Gasteiger partial charge in [-0.05, 0) is 51.2 Å². The average Bonchev–Trinajstić information content (AvgIpc) is 2.39. The summed E-state index contributed by atoms with van der Waals surface area (Å²) in [6.45, 7) is 6.77. The predicted octanol–water partition coefficient (Wildman–Crippen LogP) is 2.85. The Balaban J connectivity index is 2.07. The molecular weight excluding hydrogens is 244 g/mol. The molecular formula is C14H28N2OS. The van der Waals surface area contributed by atoms with Crippen molar-refractivity contribution in [3.8, 4) is 0 Å². The van der Waals surface area contributed by atoms with Crippen molar-refractivity contribution in [3.05, 3.63) is 0 Å². The minimum Gasteiger partial charge on any atom is -0.382 e. The fourth-order valence-electron chi connectivity index (χ4n) is 2.53. The van der Waals surface area contributed by atoms with Crippen LogP contribution < -0.4 is 10.6 Å². The largest absolute Gasteiger partial charge is 0.382 e. The molecule has 1 fully saturated rings. The molecule has 0 aromatic carbocycles. The van der Waals surface area contributed by atoms with Crippen molar-refractivity contribution < 1.29 is 4.74 Å². The highest BCUT2D eigenvalue weighted by Crippen LogP contribution is 2.26. The Kier molecular flexibility index (Phi) is 8.34. The van der Waals surface area contributed by atoms with E-state index in [0.717, 1.165) is 37.2 Å². The Morgan fingerprint density at radius 1 is 1.33 bits per heavy atom. The van der Waals surface area contributed by atoms with Crippen LogP contribution in [0, 0.1) is 5.92 Å². The van der Waals surface area contributed by atoms with E-state index in [-0.39, 0.29) is 0 Å². The molecule has 18 heavy (non-hydrogen) atoms. The lowest BCUT2D eigenvalue weighted by molar-refractivity contribution is 0.145. The second-order valence-corrected chi connectivity index (χ2v) is 5.55. The first kappa shape index (κ1) is 15.7.